The van der Waals surface area contributed by atoms with E-state index in [9.17, 15) is 19.8 Å². The smallest absolute Gasteiger partial charge is 0.161 e. The third-order valence-electron chi connectivity index (χ3n) is 6.41. The number of rotatable bonds is 14. The number of ketones is 2. The number of Topliss-reactive ketones (excluding diaryl/α,β-unsaturated/α-hetero) is 2. The number of nitrogens with zero attached hydrogens (tertiary/aromatic N) is 2. The fraction of sp³-hybridized carbons (Fsp3) is 0.500. The van der Waals surface area contributed by atoms with E-state index >= 15 is 0 Å². The highest BCUT2D eigenvalue weighted by molar-refractivity contribution is 5.95. The van der Waals surface area contributed by atoms with Crippen LogP contribution in [0.5, 0.6) is 23.0 Å². The number of hydrogen-bond acceptors (Lipinski definition) is 10. The first-order valence-corrected chi connectivity index (χ1v) is 12.6. The zero-order valence-electron chi connectivity index (χ0n) is 22.5. The molecule has 2 aromatic carbocycles. The molecule has 0 saturated carbocycles. The Morgan fingerprint density at radius 2 is 1.08 bits per heavy atom. The number of benzene rings is 2. The molecule has 1 heterocycles. The van der Waals surface area contributed by atoms with Crippen LogP contribution in [0.3, 0.4) is 0 Å². The van der Waals surface area contributed by atoms with E-state index in [4.69, 9.17) is 18.9 Å². The number of methoxy groups -OCH3 is 2. The molecule has 0 radical (unpaired) electrons. The van der Waals surface area contributed by atoms with Gasteiger partial charge in [-0.1, -0.05) is 0 Å². The van der Waals surface area contributed by atoms with Gasteiger partial charge in [0.1, 0.15) is 25.4 Å². The molecule has 2 N–H and O–H groups in total. The number of carbonyl (C=O) groups is 2. The van der Waals surface area contributed by atoms with Gasteiger partial charge in [-0.05, 0) is 50.2 Å². The number of aliphatic hydroxyl groups is 2. The lowest BCUT2D eigenvalue weighted by Gasteiger charge is -2.36. The number of β-amino-alcohol motifs (C(OH)–C–C–N with tert-alkyl or cyclic N) is 2. The van der Waals surface area contributed by atoms with Gasteiger partial charge < -0.3 is 29.2 Å². The van der Waals surface area contributed by atoms with Crippen molar-refractivity contribution >= 4 is 11.6 Å². The third-order valence-corrected chi connectivity index (χ3v) is 6.41. The molecule has 1 fully saturated rings. The maximum Gasteiger partial charge on any atom is 0.161 e. The number of hydrogen-bond donors (Lipinski definition) is 2. The monoisotopic (exact) mass is 530 g/mol. The predicted molar refractivity (Wildman–Crippen MR) is 142 cm³/mol. The minimum Gasteiger partial charge on any atom is -0.493 e. The molecule has 38 heavy (non-hydrogen) atoms. The maximum atomic E-state index is 11.6. The van der Waals surface area contributed by atoms with Crippen molar-refractivity contribution in [2.24, 2.45) is 0 Å². The lowest BCUT2D eigenvalue weighted by Crippen LogP contribution is -2.51. The van der Waals surface area contributed by atoms with E-state index in [1.807, 2.05) is 0 Å². The first-order valence-electron chi connectivity index (χ1n) is 12.6. The molecule has 208 valence electrons. The molecule has 2 aromatic rings. The standard InChI is InChI=1S/C28H38N2O8/c1-19(31)21-5-7-25(27(13-21)35-3)37-17-23(33)15-29-9-11-30(12-10-29)16-24(34)18-38-26-8-6-22(20(2)32)14-28(26)36-4/h5-8,13-14,23-24,33-34H,9-12,15-18H2,1-4H3/t23-,24+. The largest absolute Gasteiger partial charge is 0.493 e. The van der Waals surface area contributed by atoms with Gasteiger partial charge in [0, 0.05) is 50.4 Å². The molecule has 2 atom stereocenters. The van der Waals surface area contributed by atoms with Crippen LogP contribution in [0.2, 0.25) is 0 Å². The SMILES string of the molecule is COc1cc(C(C)=O)ccc1OC[C@@H](O)CN1CCN(C[C@@H](O)COc2ccc(C(C)=O)cc2OC)CC1. The van der Waals surface area contributed by atoms with Crippen LogP contribution < -0.4 is 18.9 Å². The van der Waals surface area contributed by atoms with Crippen molar-refractivity contribution < 1.29 is 38.7 Å². The maximum absolute atomic E-state index is 11.6. The van der Waals surface area contributed by atoms with Crippen LogP contribution >= 0.6 is 0 Å². The molecule has 0 amide bonds. The van der Waals surface area contributed by atoms with Crippen LogP contribution in [0.1, 0.15) is 34.6 Å². The molecular formula is C28H38N2O8. The lowest BCUT2D eigenvalue weighted by molar-refractivity contribution is 0.0236. The van der Waals surface area contributed by atoms with Crippen molar-refractivity contribution in [3.05, 3.63) is 47.5 Å². The fourth-order valence-corrected chi connectivity index (χ4v) is 4.24. The first-order chi connectivity index (χ1) is 18.2. The third kappa shape index (κ3) is 8.42. The van der Waals surface area contributed by atoms with Crippen molar-refractivity contribution in [2.45, 2.75) is 26.1 Å². The van der Waals surface area contributed by atoms with Crippen molar-refractivity contribution in [3.8, 4) is 23.0 Å². The summed E-state index contributed by atoms with van der Waals surface area (Å²) in [5.41, 5.74) is 1.07. The Hall–Kier alpha value is -3.18. The summed E-state index contributed by atoms with van der Waals surface area (Å²) in [6.07, 6.45) is -1.38. The van der Waals surface area contributed by atoms with Gasteiger partial charge >= 0.3 is 0 Å². The average molecular weight is 531 g/mol. The Bertz CT molecular complexity index is 999. The Morgan fingerprint density at radius 1 is 0.711 bits per heavy atom. The molecular weight excluding hydrogens is 492 g/mol. The van der Waals surface area contributed by atoms with Gasteiger partial charge in [-0.2, -0.15) is 0 Å². The first kappa shape index (κ1) is 29.4. The van der Waals surface area contributed by atoms with Gasteiger partial charge in [0.05, 0.1) is 14.2 Å². The quantitative estimate of drug-likeness (QED) is 0.351. The summed E-state index contributed by atoms with van der Waals surface area (Å²) in [6.45, 7) is 7.11. The van der Waals surface area contributed by atoms with Crippen molar-refractivity contribution in [3.63, 3.8) is 0 Å². The molecule has 10 heteroatoms. The second-order valence-electron chi connectivity index (χ2n) is 9.37. The normalized spacial score (nSPS) is 15.9. The number of aliphatic hydroxyl groups excluding tert-OH is 2. The van der Waals surface area contributed by atoms with E-state index in [2.05, 4.69) is 9.80 Å². The van der Waals surface area contributed by atoms with Gasteiger partial charge in [-0.15, -0.1) is 0 Å². The van der Waals surface area contributed by atoms with Crippen LogP contribution in [-0.2, 0) is 0 Å². The highest BCUT2D eigenvalue weighted by Crippen LogP contribution is 2.29. The van der Waals surface area contributed by atoms with Crippen molar-refractivity contribution in [1.82, 2.24) is 9.80 Å². The second kappa shape index (κ2) is 14.1. The van der Waals surface area contributed by atoms with Gasteiger partial charge in [0.15, 0.2) is 34.6 Å². The molecule has 0 aromatic heterocycles. The van der Waals surface area contributed by atoms with Gasteiger partial charge in [0.25, 0.3) is 0 Å². The molecule has 1 aliphatic rings. The summed E-state index contributed by atoms with van der Waals surface area (Å²) in [5.74, 6) is 1.74. The van der Waals surface area contributed by atoms with E-state index in [1.165, 1.54) is 28.1 Å². The van der Waals surface area contributed by atoms with E-state index in [-0.39, 0.29) is 24.8 Å². The van der Waals surface area contributed by atoms with Crippen molar-refractivity contribution in [1.29, 1.82) is 0 Å². The summed E-state index contributed by atoms with van der Waals surface area (Å²) in [6, 6.07) is 9.95. The number of ether oxygens (including phenoxy) is 4. The fourth-order valence-electron chi connectivity index (χ4n) is 4.24. The summed E-state index contributed by atoms with van der Waals surface area (Å²) >= 11 is 0. The molecule has 1 aliphatic heterocycles. The van der Waals surface area contributed by atoms with E-state index in [0.29, 0.717) is 47.2 Å². The topological polar surface area (TPSA) is 118 Å². The summed E-state index contributed by atoms with van der Waals surface area (Å²) in [4.78, 5) is 27.4. The Labute approximate surface area is 223 Å². The Balaban J connectivity index is 1.38. The summed E-state index contributed by atoms with van der Waals surface area (Å²) in [5, 5.41) is 21.0. The molecule has 0 aliphatic carbocycles. The predicted octanol–water partition coefficient (Wildman–Crippen LogP) is 1.91. The summed E-state index contributed by atoms with van der Waals surface area (Å²) < 4.78 is 22.1. The molecule has 10 nitrogen and oxygen atoms in total. The highest BCUT2D eigenvalue weighted by Gasteiger charge is 2.22. The minimum atomic E-state index is -0.692. The zero-order chi connectivity index (χ0) is 27.7. The molecule has 0 unspecified atom stereocenters. The van der Waals surface area contributed by atoms with Crippen molar-refractivity contribution in [2.75, 3.05) is 66.7 Å². The average Bonchev–Trinajstić information content (AvgIpc) is 2.91. The Morgan fingerprint density at radius 3 is 1.39 bits per heavy atom. The van der Waals surface area contributed by atoms with Crippen LogP contribution in [-0.4, -0.2) is 110 Å². The highest BCUT2D eigenvalue weighted by atomic mass is 16.5. The van der Waals surface area contributed by atoms with Gasteiger partial charge in [-0.3, -0.25) is 19.4 Å². The zero-order valence-corrected chi connectivity index (χ0v) is 22.5. The molecule has 3 rings (SSSR count). The lowest BCUT2D eigenvalue weighted by atomic mass is 10.1. The van der Waals surface area contributed by atoms with Gasteiger partial charge in [-0.25, -0.2) is 0 Å². The van der Waals surface area contributed by atoms with Crippen LogP contribution in [0.15, 0.2) is 36.4 Å². The van der Waals surface area contributed by atoms with E-state index in [0.717, 1.165) is 26.2 Å². The molecule has 1 saturated heterocycles. The van der Waals surface area contributed by atoms with E-state index in [1.54, 1.807) is 36.4 Å². The summed E-state index contributed by atoms with van der Waals surface area (Å²) in [7, 11) is 3.02. The van der Waals surface area contributed by atoms with Crippen LogP contribution in [0.25, 0.3) is 0 Å². The molecule has 0 spiro atoms. The van der Waals surface area contributed by atoms with E-state index < -0.39 is 12.2 Å². The van der Waals surface area contributed by atoms with Crippen LogP contribution in [0.4, 0.5) is 0 Å². The number of carbonyl (C=O) groups excluding carboxylic acids is 2. The Kier molecular flexibility index (Phi) is 10.9. The number of piperazine rings is 1. The van der Waals surface area contributed by atoms with Crippen LogP contribution in [0, 0.1) is 0 Å². The molecule has 0 bridgehead atoms. The van der Waals surface area contributed by atoms with Gasteiger partial charge in [0.2, 0.25) is 0 Å². The second-order valence-corrected chi connectivity index (χ2v) is 9.37. The minimum absolute atomic E-state index is 0.0604.